The van der Waals surface area contributed by atoms with Crippen molar-refractivity contribution >= 4 is 27.6 Å². The van der Waals surface area contributed by atoms with Gasteiger partial charge in [0.05, 0.1) is 22.4 Å². The Labute approximate surface area is 131 Å². The zero-order valence-electron chi connectivity index (χ0n) is 11.8. The third kappa shape index (κ3) is 4.01. The molecule has 114 valence electrons. The molecule has 0 amide bonds. The Morgan fingerprint density at radius 1 is 1.48 bits per heavy atom. The van der Waals surface area contributed by atoms with Gasteiger partial charge in [-0.05, 0) is 53.5 Å². The lowest BCUT2D eigenvalue weighted by atomic mass is 9.96. The zero-order valence-corrected chi connectivity index (χ0v) is 13.3. The van der Waals surface area contributed by atoms with Gasteiger partial charge in [-0.3, -0.25) is 19.8 Å². The number of esters is 1. The Hall–Kier alpha value is -1.47. The number of hydrogen-bond donors (Lipinski definition) is 0. The van der Waals surface area contributed by atoms with Crippen LogP contribution in [-0.2, 0) is 16.1 Å². The lowest BCUT2D eigenvalue weighted by Crippen LogP contribution is -2.36. The molecule has 1 aliphatic heterocycles. The fourth-order valence-corrected chi connectivity index (χ4v) is 2.94. The van der Waals surface area contributed by atoms with Gasteiger partial charge in [0, 0.05) is 12.6 Å². The Morgan fingerprint density at radius 2 is 2.14 bits per heavy atom. The van der Waals surface area contributed by atoms with E-state index >= 15 is 0 Å². The van der Waals surface area contributed by atoms with Gasteiger partial charge < -0.3 is 4.74 Å². The van der Waals surface area contributed by atoms with Crippen molar-refractivity contribution in [3.8, 4) is 0 Å². The number of rotatable bonds is 4. The van der Waals surface area contributed by atoms with Gasteiger partial charge in [0.1, 0.15) is 0 Å². The van der Waals surface area contributed by atoms with Gasteiger partial charge in [-0.2, -0.15) is 0 Å². The minimum atomic E-state index is -0.392. The minimum Gasteiger partial charge on any atom is -0.469 e. The van der Waals surface area contributed by atoms with Crippen molar-refractivity contribution in [1.82, 2.24) is 4.90 Å². The molecule has 21 heavy (non-hydrogen) atoms. The van der Waals surface area contributed by atoms with Gasteiger partial charge in [0.2, 0.25) is 0 Å². The van der Waals surface area contributed by atoms with Crippen LogP contribution in [0.25, 0.3) is 0 Å². The SMILES string of the molecule is COC(=O)C1CCN(Cc2ccc(Br)c([N+](=O)[O-])c2)CC1. The van der Waals surface area contributed by atoms with Crippen molar-refractivity contribution < 1.29 is 14.5 Å². The molecule has 0 aromatic heterocycles. The predicted octanol–water partition coefficient (Wildman–Crippen LogP) is 2.74. The van der Waals surface area contributed by atoms with Gasteiger partial charge in [-0.25, -0.2) is 0 Å². The van der Waals surface area contributed by atoms with Crippen LogP contribution in [-0.4, -0.2) is 36.0 Å². The molecule has 1 fully saturated rings. The van der Waals surface area contributed by atoms with Crippen molar-refractivity contribution in [2.24, 2.45) is 5.92 Å². The minimum absolute atomic E-state index is 0.0227. The van der Waals surface area contributed by atoms with Crippen LogP contribution in [0.1, 0.15) is 18.4 Å². The van der Waals surface area contributed by atoms with Crippen LogP contribution in [0.2, 0.25) is 0 Å². The van der Waals surface area contributed by atoms with Crippen LogP contribution >= 0.6 is 15.9 Å². The number of likely N-dealkylation sites (tertiary alicyclic amines) is 1. The highest BCUT2D eigenvalue weighted by Crippen LogP contribution is 2.27. The Bertz CT molecular complexity index is 542. The van der Waals surface area contributed by atoms with Gasteiger partial charge in [-0.1, -0.05) is 6.07 Å². The van der Waals surface area contributed by atoms with Gasteiger partial charge >= 0.3 is 5.97 Å². The van der Waals surface area contributed by atoms with E-state index in [1.165, 1.54) is 7.11 Å². The summed E-state index contributed by atoms with van der Waals surface area (Å²) in [7, 11) is 1.41. The quantitative estimate of drug-likeness (QED) is 0.471. The van der Waals surface area contributed by atoms with Crippen LogP contribution in [0.5, 0.6) is 0 Å². The molecule has 0 bridgehead atoms. The van der Waals surface area contributed by atoms with Gasteiger partial charge in [-0.15, -0.1) is 0 Å². The summed E-state index contributed by atoms with van der Waals surface area (Å²) in [6.45, 7) is 2.25. The lowest BCUT2D eigenvalue weighted by Gasteiger charge is -2.30. The third-order valence-electron chi connectivity index (χ3n) is 3.74. The monoisotopic (exact) mass is 356 g/mol. The van der Waals surface area contributed by atoms with E-state index in [2.05, 4.69) is 20.8 Å². The molecule has 2 rings (SSSR count). The van der Waals surface area contributed by atoms with E-state index in [4.69, 9.17) is 4.74 Å². The first-order valence-electron chi connectivity index (χ1n) is 6.74. The molecule has 0 atom stereocenters. The predicted molar refractivity (Wildman–Crippen MR) is 80.8 cm³/mol. The topological polar surface area (TPSA) is 72.7 Å². The maximum atomic E-state index is 11.5. The number of nitro groups is 1. The summed E-state index contributed by atoms with van der Waals surface area (Å²) in [5.41, 5.74) is 0.985. The van der Waals surface area contributed by atoms with Crippen LogP contribution in [0.15, 0.2) is 22.7 Å². The number of methoxy groups -OCH3 is 1. The number of benzene rings is 1. The average Bonchev–Trinajstić information content (AvgIpc) is 2.49. The Morgan fingerprint density at radius 3 is 2.71 bits per heavy atom. The van der Waals surface area contributed by atoms with E-state index in [9.17, 15) is 14.9 Å². The van der Waals surface area contributed by atoms with Crippen LogP contribution < -0.4 is 0 Å². The molecule has 0 spiro atoms. The van der Waals surface area contributed by atoms with Gasteiger partial charge in [0.25, 0.3) is 5.69 Å². The smallest absolute Gasteiger partial charge is 0.308 e. The maximum absolute atomic E-state index is 11.5. The first-order chi connectivity index (χ1) is 10.0. The standard InChI is InChI=1S/C14H17BrN2O4/c1-21-14(18)11-4-6-16(7-5-11)9-10-2-3-12(15)13(8-10)17(19)20/h2-3,8,11H,4-7,9H2,1H3. The number of hydrogen-bond acceptors (Lipinski definition) is 5. The number of nitro benzene ring substituents is 1. The van der Waals surface area contributed by atoms with Crippen molar-refractivity contribution in [2.45, 2.75) is 19.4 Å². The normalized spacial score (nSPS) is 16.7. The Kier molecular flexibility index (Phi) is 5.30. The fourth-order valence-electron chi connectivity index (χ4n) is 2.55. The highest BCUT2D eigenvalue weighted by molar-refractivity contribution is 9.10. The van der Waals surface area contributed by atoms with Crippen LogP contribution in [0.3, 0.4) is 0 Å². The highest BCUT2D eigenvalue weighted by atomic mass is 79.9. The second kappa shape index (κ2) is 7.00. The van der Waals surface area contributed by atoms with E-state index in [1.807, 2.05) is 6.07 Å². The average molecular weight is 357 g/mol. The summed E-state index contributed by atoms with van der Waals surface area (Å²) in [6.07, 6.45) is 1.54. The molecule has 0 N–H and O–H groups in total. The van der Waals surface area contributed by atoms with Crippen LogP contribution in [0.4, 0.5) is 5.69 Å². The van der Waals surface area contributed by atoms with Crippen molar-refractivity contribution in [1.29, 1.82) is 0 Å². The van der Waals surface area contributed by atoms with E-state index in [0.717, 1.165) is 31.5 Å². The molecule has 1 saturated heterocycles. The molecule has 1 aromatic rings. The molecular formula is C14H17BrN2O4. The molecule has 0 saturated carbocycles. The van der Waals surface area contributed by atoms with E-state index in [-0.39, 0.29) is 17.6 Å². The summed E-state index contributed by atoms with van der Waals surface area (Å²) in [5, 5.41) is 10.9. The molecule has 0 aliphatic carbocycles. The van der Waals surface area contributed by atoms with E-state index in [0.29, 0.717) is 11.0 Å². The first-order valence-corrected chi connectivity index (χ1v) is 7.53. The number of halogens is 1. The first kappa shape index (κ1) is 15.9. The summed E-state index contributed by atoms with van der Waals surface area (Å²) in [4.78, 5) is 24.2. The molecular weight excluding hydrogens is 340 g/mol. The second-order valence-corrected chi connectivity index (χ2v) is 5.97. The number of ether oxygens (including phenoxy) is 1. The molecule has 6 nitrogen and oxygen atoms in total. The summed E-state index contributed by atoms with van der Waals surface area (Å²) in [6, 6.07) is 5.18. The van der Waals surface area contributed by atoms with Crippen LogP contribution in [0, 0.1) is 16.0 Å². The lowest BCUT2D eigenvalue weighted by molar-refractivity contribution is -0.385. The number of nitrogens with zero attached hydrogens (tertiary/aromatic N) is 2. The van der Waals surface area contributed by atoms with E-state index < -0.39 is 4.92 Å². The Balaban J connectivity index is 1.96. The molecule has 1 aromatic carbocycles. The van der Waals surface area contributed by atoms with Crippen molar-refractivity contribution in [3.05, 3.63) is 38.3 Å². The molecule has 0 unspecified atom stereocenters. The zero-order chi connectivity index (χ0) is 15.4. The molecule has 1 heterocycles. The third-order valence-corrected chi connectivity index (χ3v) is 4.41. The number of piperidine rings is 1. The number of carbonyl (C=O) groups excluding carboxylic acids is 1. The van der Waals surface area contributed by atoms with Gasteiger partial charge in [0.15, 0.2) is 0 Å². The maximum Gasteiger partial charge on any atom is 0.308 e. The van der Waals surface area contributed by atoms with E-state index in [1.54, 1.807) is 12.1 Å². The summed E-state index contributed by atoms with van der Waals surface area (Å²) < 4.78 is 5.25. The summed E-state index contributed by atoms with van der Waals surface area (Å²) in [5.74, 6) is -0.167. The molecule has 1 aliphatic rings. The molecule has 0 radical (unpaired) electrons. The molecule has 7 heteroatoms. The highest BCUT2D eigenvalue weighted by Gasteiger charge is 2.25. The summed E-state index contributed by atoms with van der Waals surface area (Å²) >= 11 is 3.18. The van der Waals surface area contributed by atoms with Crippen molar-refractivity contribution in [3.63, 3.8) is 0 Å². The van der Waals surface area contributed by atoms with Crippen molar-refractivity contribution in [2.75, 3.05) is 20.2 Å². The fraction of sp³-hybridized carbons (Fsp3) is 0.500. The largest absolute Gasteiger partial charge is 0.469 e. The second-order valence-electron chi connectivity index (χ2n) is 5.12. The number of carbonyl (C=O) groups is 1.